The number of halogens is 2. The van der Waals surface area contributed by atoms with Gasteiger partial charge in [-0.3, -0.25) is 0 Å². The SMILES string of the molecule is NC[C@@]1(c2ccccc2)Cc2c(ncc(Cl)c2Br)O1. The van der Waals surface area contributed by atoms with Crippen molar-refractivity contribution in [1.82, 2.24) is 4.98 Å². The fourth-order valence-corrected chi connectivity index (χ4v) is 2.95. The molecule has 1 aliphatic heterocycles. The van der Waals surface area contributed by atoms with Crippen LogP contribution in [0.2, 0.25) is 5.02 Å². The lowest BCUT2D eigenvalue weighted by atomic mass is 9.89. The van der Waals surface area contributed by atoms with Gasteiger partial charge in [0.2, 0.25) is 5.88 Å². The maximum absolute atomic E-state index is 6.08. The molecule has 2 heterocycles. The van der Waals surface area contributed by atoms with Gasteiger partial charge in [-0.2, -0.15) is 0 Å². The predicted octanol–water partition coefficient (Wildman–Crippen LogP) is 3.29. The Hall–Kier alpha value is -1.10. The lowest BCUT2D eigenvalue weighted by molar-refractivity contribution is 0.0979. The van der Waals surface area contributed by atoms with Crippen molar-refractivity contribution in [2.75, 3.05) is 6.54 Å². The summed E-state index contributed by atoms with van der Waals surface area (Å²) < 4.78 is 6.88. The van der Waals surface area contributed by atoms with E-state index >= 15 is 0 Å². The third-order valence-electron chi connectivity index (χ3n) is 3.41. The Morgan fingerprint density at radius 2 is 2.11 bits per heavy atom. The second-order valence-electron chi connectivity index (χ2n) is 4.55. The molecular formula is C14H12BrClN2O. The number of nitrogens with zero attached hydrogens (tertiary/aromatic N) is 1. The molecule has 0 radical (unpaired) electrons. The van der Waals surface area contributed by atoms with Gasteiger partial charge in [0.1, 0.15) is 0 Å². The molecule has 98 valence electrons. The first-order valence-electron chi connectivity index (χ1n) is 5.94. The van der Waals surface area contributed by atoms with Crippen LogP contribution in [-0.2, 0) is 12.0 Å². The lowest BCUT2D eigenvalue weighted by Crippen LogP contribution is -2.39. The Morgan fingerprint density at radius 1 is 1.37 bits per heavy atom. The average Bonchev–Trinajstić information content (AvgIpc) is 2.85. The van der Waals surface area contributed by atoms with Crippen LogP contribution in [-0.4, -0.2) is 11.5 Å². The summed E-state index contributed by atoms with van der Waals surface area (Å²) in [5.74, 6) is 0.602. The van der Waals surface area contributed by atoms with Gasteiger partial charge in [0, 0.05) is 23.0 Å². The summed E-state index contributed by atoms with van der Waals surface area (Å²) >= 11 is 9.57. The molecule has 5 heteroatoms. The molecule has 2 aromatic rings. The zero-order valence-electron chi connectivity index (χ0n) is 10.1. The van der Waals surface area contributed by atoms with E-state index in [2.05, 4.69) is 20.9 Å². The van der Waals surface area contributed by atoms with Gasteiger partial charge in [0.25, 0.3) is 0 Å². The second kappa shape index (κ2) is 4.78. The van der Waals surface area contributed by atoms with Crippen LogP contribution in [0.4, 0.5) is 0 Å². The zero-order valence-corrected chi connectivity index (χ0v) is 12.4. The van der Waals surface area contributed by atoms with E-state index in [1.165, 1.54) is 0 Å². The molecule has 1 aliphatic rings. The molecule has 19 heavy (non-hydrogen) atoms. The van der Waals surface area contributed by atoms with Gasteiger partial charge in [-0.25, -0.2) is 4.98 Å². The number of rotatable bonds is 2. The Balaban J connectivity index is 2.08. The van der Waals surface area contributed by atoms with E-state index in [0.29, 0.717) is 23.9 Å². The van der Waals surface area contributed by atoms with Crippen molar-refractivity contribution in [2.45, 2.75) is 12.0 Å². The summed E-state index contributed by atoms with van der Waals surface area (Å²) in [7, 11) is 0. The number of pyridine rings is 1. The minimum Gasteiger partial charge on any atom is -0.464 e. The molecule has 3 rings (SSSR count). The van der Waals surface area contributed by atoms with E-state index in [9.17, 15) is 0 Å². The lowest BCUT2D eigenvalue weighted by Gasteiger charge is -2.27. The highest BCUT2D eigenvalue weighted by Gasteiger charge is 2.42. The average molecular weight is 340 g/mol. The number of hydrogen-bond acceptors (Lipinski definition) is 3. The van der Waals surface area contributed by atoms with Gasteiger partial charge < -0.3 is 10.5 Å². The van der Waals surface area contributed by atoms with Crippen LogP contribution in [0.3, 0.4) is 0 Å². The smallest absolute Gasteiger partial charge is 0.218 e. The normalized spacial score (nSPS) is 21.0. The molecule has 0 bridgehead atoms. The van der Waals surface area contributed by atoms with E-state index in [4.69, 9.17) is 22.1 Å². The fourth-order valence-electron chi connectivity index (χ4n) is 2.37. The molecule has 3 nitrogen and oxygen atoms in total. The number of nitrogens with two attached hydrogens (primary N) is 1. The first kappa shape index (κ1) is 12.9. The van der Waals surface area contributed by atoms with Crippen LogP contribution in [0.5, 0.6) is 5.88 Å². The van der Waals surface area contributed by atoms with Crippen molar-refractivity contribution >= 4 is 27.5 Å². The molecule has 0 aliphatic carbocycles. The summed E-state index contributed by atoms with van der Waals surface area (Å²) in [5, 5.41) is 0.586. The molecule has 0 amide bonds. The van der Waals surface area contributed by atoms with Crippen molar-refractivity contribution in [3.8, 4) is 5.88 Å². The maximum Gasteiger partial charge on any atom is 0.218 e. The van der Waals surface area contributed by atoms with E-state index in [0.717, 1.165) is 15.6 Å². The van der Waals surface area contributed by atoms with E-state index in [-0.39, 0.29) is 0 Å². The first-order valence-corrected chi connectivity index (χ1v) is 7.11. The molecular weight excluding hydrogens is 328 g/mol. The van der Waals surface area contributed by atoms with Crippen LogP contribution >= 0.6 is 27.5 Å². The van der Waals surface area contributed by atoms with Gasteiger partial charge in [-0.15, -0.1) is 0 Å². The Labute approximate surface area is 124 Å². The minimum atomic E-state index is -0.552. The van der Waals surface area contributed by atoms with Crippen molar-refractivity contribution in [3.05, 3.63) is 57.2 Å². The molecule has 0 fully saturated rings. The molecule has 0 unspecified atom stereocenters. The summed E-state index contributed by atoms with van der Waals surface area (Å²) in [4.78, 5) is 4.25. The van der Waals surface area contributed by atoms with Crippen molar-refractivity contribution in [2.24, 2.45) is 5.73 Å². The largest absolute Gasteiger partial charge is 0.464 e. The zero-order chi connectivity index (χ0) is 13.5. The number of fused-ring (bicyclic) bond motifs is 1. The maximum atomic E-state index is 6.08. The summed E-state index contributed by atoms with van der Waals surface area (Å²) in [6.07, 6.45) is 2.25. The number of aromatic nitrogens is 1. The van der Waals surface area contributed by atoms with E-state index < -0.39 is 5.60 Å². The van der Waals surface area contributed by atoms with Crippen LogP contribution in [0.1, 0.15) is 11.1 Å². The predicted molar refractivity (Wildman–Crippen MR) is 78.5 cm³/mol. The standard InChI is InChI=1S/C14H12BrClN2O/c15-12-10-6-14(8-17,9-4-2-1-3-5-9)19-13(10)18-7-11(12)16/h1-5,7H,6,8,17H2/t14-/m1/s1. The third kappa shape index (κ3) is 2.04. The van der Waals surface area contributed by atoms with Gasteiger partial charge in [0.15, 0.2) is 5.60 Å². The molecule has 1 atom stereocenters. The Kier molecular flexibility index (Phi) is 3.25. The van der Waals surface area contributed by atoms with E-state index in [1.54, 1.807) is 6.20 Å². The molecule has 0 saturated heterocycles. The Morgan fingerprint density at radius 3 is 2.79 bits per heavy atom. The molecule has 0 spiro atoms. The highest BCUT2D eigenvalue weighted by molar-refractivity contribution is 9.10. The van der Waals surface area contributed by atoms with Crippen molar-refractivity contribution < 1.29 is 4.74 Å². The molecule has 0 saturated carbocycles. The highest BCUT2D eigenvalue weighted by Crippen LogP contribution is 2.44. The fraction of sp³-hybridized carbons (Fsp3) is 0.214. The second-order valence-corrected chi connectivity index (χ2v) is 5.75. The van der Waals surface area contributed by atoms with Crippen LogP contribution in [0.15, 0.2) is 41.0 Å². The number of benzene rings is 1. The molecule has 1 aromatic heterocycles. The van der Waals surface area contributed by atoms with Crippen molar-refractivity contribution in [3.63, 3.8) is 0 Å². The summed E-state index contributed by atoms with van der Waals surface area (Å²) in [5.41, 5.74) is 7.44. The van der Waals surface area contributed by atoms with Crippen LogP contribution in [0.25, 0.3) is 0 Å². The van der Waals surface area contributed by atoms with Crippen molar-refractivity contribution in [1.29, 1.82) is 0 Å². The van der Waals surface area contributed by atoms with Gasteiger partial charge in [-0.05, 0) is 21.5 Å². The number of ether oxygens (including phenoxy) is 1. The highest BCUT2D eigenvalue weighted by atomic mass is 79.9. The summed E-state index contributed by atoms with van der Waals surface area (Å²) in [6.45, 7) is 0.386. The summed E-state index contributed by atoms with van der Waals surface area (Å²) in [6, 6.07) is 9.98. The van der Waals surface area contributed by atoms with Crippen LogP contribution < -0.4 is 10.5 Å². The molecule has 2 N–H and O–H groups in total. The van der Waals surface area contributed by atoms with Crippen LogP contribution in [0, 0.1) is 0 Å². The van der Waals surface area contributed by atoms with Gasteiger partial charge in [0.05, 0.1) is 11.2 Å². The topological polar surface area (TPSA) is 48.1 Å². The quantitative estimate of drug-likeness (QED) is 0.913. The molecule has 1 aromatic carbocycles. The van der Waals surface area contributed by atoms with Gasteiger partial charge in [-0.1, -0.05) is 41.9 Å². The monoisotopic (exact) mass is 338 g/mol. The minimum absolute atomic E-state index is 0.386. The van der Waals surface area contributed by atoms with Gasteiger partial charge >= 0.3 is 0 Å². The Bertz CT molecular complexity index is 620. The first-order chi connectivity index (χ1) is 9.16. The number of hydrogen-bond donors (Lipinski definition) is 1. The van der Waals surface area contributed by atoms with E-state index in [1.807, 2.05) is 30.3 Å². The third-order valence-corrected chi connectivity index (χ3v) is 4.83.